The normalized spacial score (nSPS) is 25.0. The second kappa shape index (κ2) is 4.81. The first-order valence-corrected chi connectivity index (χ1v) is 8.33. The van der Waals surface area contributed by atoms with Crippen molar-refractivity contribution in [3.05, 3.63) is 0 Å². The van der Waals surface area contributed by atoms with E-state index < -0.39 is 10.0 Å². The maximum atomic E-state index is 12.3. The van der Waals surface area contributed by atoms with Gasteiger partial charge >= 0.3 is 0 Å². The highest BCUT2D eigenvalue weighted by atomic mass is 32.2. The summed E-state index contributed by atoms with van der Waals surface area (Å²) in [6, 6.07) is 0. The van der Waals surface area contributed by atoms with Crippen molar-refractivity contribution in [3.8, 4) is 0 Å². The average molecular weight is 274 g/mol. The van der Waals surface area contributed by atoms with Crippen LogP contribution in [0.3, 0.4) is 0 Å². The van der Waals surface area contributed by atoms with Gasteiger partial charge in [-0.15, -0.1) is 0 Å². The molecule has 0 aromatic carbocycles. The van der Waals surface area contributed by atoms with Crippen molar-refractivity contribution >= 4 is 15.9 Å². The Morgan fingerprint density at radius 3 is 2.11 bits per heavy atom. The highest BCUT2D eigenvalue weighted by Crippen LogP contribution is 2.41. The molecule has 104 valence electrons. The number of amides is 1. The molecule has 0 radical (unpaired) electrons. The summed E-state index contributed by atoms with van der Waals surface area (Å²) in [7, 11) is -3.10. The van der Waals surface area contributed by atoms with Crippen molar-refractivity contribution in [2.24, 2.45) is 5.41 Å². The van der Waals surface area contributed by atoms with Crippen LogP contribution in [0, 0.1) is 5.41 Å². The van der Waals surface area contributed by atoms with Gasteiger partial charge in [0.05, 0.1) is 11.2 Å². The highest BCUT2D eigenvalue weighted by Gasteiger charge is 2.48. The second-order valence-electron chi connectivity index (χ2n) is 5.21. The Bertz CT molecular complexity index is 425. The number of sulfonamides is 1. The predicted octanol–water partition coefficient (Wildman–Crippen LogP) is 0.671. The molecule has 0 unspecified atom stereocenters. The number of carbonyl (C=O) groups is 1. The molecule has 1 amide bonds. The topological polar surface area (TPSA) is 57.7 Å². The summed E-state index contributed by atoms with van der Waals surface area (Å²) in [5, 5.41) is 0. The van der Waals surface area contributed by atoms with Crippen LogP contribution in [0.4, 0.5) is 0 Å². The standard InChI is InChI=1S/C12H22N2O3S/c1-3-13-8-5-12(11(13)15)6-9-14(10-7-12)18(16,17)4-2/h3-10H2,1-2H3. The van der Waals surface area contributed by atoms with E-state index in [2.05, 4.69) is 0 Å². The minimum atomic E-state index is -3.10. The van der Waals surface area contributed by atoms with Crippen LogP contribution in [0.2, 0.25) is 0 Å². The third kappa shape index (κ3) is 2.16. The molecule has 0 atom stereocenters. The first-order valence-electron chi connectivity index (χ1n) is 6.72. The molecule has 0 N–H and O–H groups in total. The molecule has 1 spiro atoms. The fraction of sp³-hybridized carbons (Fsp3) is 0.917. The first kappa shape index (κ1) is 13.8. The lowest BCUT2D eigenvalue weighted by molar-refractivity contribution is -0.137. The number of carbonyl (C=O) groups excluding carboxylic acids is 1. The minimum Gasteiger partial charge on any atom is -0.342 e. The average Bonchev–Trinajstić information content (AvgIpc) is 2.68. The van der Waals surface area contributed by atoms with Gasteiger partial charge in [0.25, 0.3) is 0 Å². The molecule has 2 rings (SSSR count). The number of hydrogen-bond acceptors (Lipinski definition) is 3. The van der Waals surface area contributed by atoms with E-state index in [0.717, 1.165) is 19.5 Å². The maximum absolute atomic E-state index is 12.3. The van der Waals surface area contributed by atoms with Gasteiger partial charge in [-0.25, -0.2) is 12.7 Å². The van der Waals surface area contributed by atoms with Gasteiger partial charge in [-0.3, -0.25) is 4.79 Å². The molecule has 2 saturated heterocycles. The molecule has 2 fully saturated rings. The van der Waals surface area contributed by atoms with Gasteiger partial charge in [0.15, 0.2) is 0 Å². The van der Waals surface area contributed by atoms with E-state index in [1.54, 1.807) is 11.2 Å². The molecular weight excluding hydrogens is 252 g/mol. The highest BCUT2D eigenvalue weighted by molar-refractivity contribution is 7.89. The third-order valence-corrected chi connectivity index (χ3v) is 6.30. The van der Waals surface area contributed by atoms with Crippen LogP contribution in [0.15, 0.2) is 0 Å². The predicted molar refractivity (Wildman–Crippen MR) is 69.6 cm³/mol. The monoisotopic (exact) mass is 274 g/mol. The number of piperidine rings is 1. The lowest BCUT2D eigenvalue weighted by Crippen LogP contribution is -2.46. The lowest BCUT2D eigenvalue weighted by Gasteiger charge is -2.37. The molecule has 0 aromatic heterocycles. The Hall–Kier alpha value is -0.620. The smallest absolute Gasteiger partial charge is 0.228 e. The second-order valence-corrected chi connectivity index (χ2v) is 7.47. The molecule has 2 heterocycles. The molecule has 6 heteroatoms. The Morgan fingerprint density at radius 2 is 1.67 bits per heavy atom. The summed E-state index contributed by atoms with van der Waals surface area (Å²) in [5.41, 5.74) is -0.268. The molecular formula is C12H22N2O3S. The van der Waals surface area contributed by atoms with E-state index in [4.69, 9.17) is 0 Å². The van der Waals surface area contributed by atoms with Crippen LogP contribution in [0.5, 0.6) is 0 Å². The summed E-state index contributed by atoms with van der Waals surface area (Å²) < 4.78 is 25.1. The molecule has 0 saturated carbocycles. The number of hydrogen-bond donors (Lipinski definition) is 0. The fourth-order valence-corrected chi connectivity index (χ4v) is 4.14. The minimum absolute atomic E-state index is 0.148. The molecule has 5 nitrogen and oxygen atoms in total. The zero-order valence-corrected chi connectivity index (χ0v) is 12.0. The SMILES string of the molecule is CCN1CCC2(CCN(S(=O)(=O)CC)CC2)C1=O. The van der Waals surface area contributed by atoms with Gasteiger partial charge in [-0.2, -0.15) is 0 Å². The molecule has 0 bridgehead atoms. The van der Waals surface area contributed by atoms with Crippen molar-refractivity contribution in [2.45, 2.75) is 33.1 Å². The zero-order chi connectivity index (χ0) is 13.4. The zero-order valence-electron chi connectivity index (χ0n) is 11.2. The van der Waals surface area contributed by atoms with Crippen molar-refractivity contribution in [1.29, 1.82) is 0 Å². The van der Waals surface area contributed by atoms with E-state index in [0.29, 0.717) is 25.9 Å². The Balaban J connectivity index is 2.05. The fourth-order valence-electron chi connectivity index (χ4n) is 3.03. The summed E-state index contributed by atoms with van der Waals surface area (Å²) in [5.74, 6) is 0.383. The first-order chi connectivity index (χ1) is 8.45. The number of rotatable bonds is 3. The van der Waals surface area contributed by atoms with Crippen LogP contribution in [-0.2, 0) is 14.8 Å². The third-order valence-electron chi connectivity index (χ3n) is 4.42. The summed E-state index contributed by atoms with van der Waals surface area (Å²) in [6.45, 7) is 6.25. The molecule has 2 aliphatic rings. The van der Waals surface area contributed by atoms with Crippen molar-refractivity contribution in [1.82, 2.24) is 9.21 Å². The van der Waals surface area contributed by atoms with E-state index in [-0.39, 0.29) is 17.1 Å². The van der Waals surface area contributed by atoms with Gasteiger partial charge in [0.2, 0.25) is 15.9 Å². The van der Waals surface area contributed by atoms with Gasteiger partial charge in [0, 0.05) is 26.2 Å². The Morgan fingerprint density at radius 1 is 1.11 bits per heavy atom. The largest absolute Gasteiger partial charge is 0.342 e. The Labute approximate surface area is 109 Å². The molecule has 0 aliphatic carbocycles. The van der Waals surface area contributed by atoms with Crippen LogP contribution >= 0.6 is 0 Å². The van der Waals surface area contributed by atoms with Gasteiger partial charge < -0.3 is 4.90 Å². The van der Waals surface area contributed by atoms with Gasteiger partial charge in [-0.1, -0.05) is 0 Å². The molecule has 18 heavy (non-hydrogen) atoms. The summed E-state index contributed by atoms with van der Waals surface area (Å²) in [4.78, 5) is 14.2. The summed E-state index contributed by atoms with van der Waals surface area (Å²) >= 11 is 0. The van der Waals surface area contributed by atoms with Crippen LogP contribution < -0.4 is 0 Å². The van der Waals surface area contributed by atoms with E-state index >= 15 is 0 Å². The van der Waals surface area contributed by atoms with E-state index in [1.807, 2.05) is 11.8 Å². The van der Waals surface area contributed by atoms with Gasteiger partial charge in [0.1, 0.15) is 0 Å². The summed E-state index contributed by atoms with van der Waals surface area (Å²) in [6.07, 6.45) is 2.25. The molecule has 2 aliphatic heterocycles. The number of likely N-dealkylation sites (tertiary alicyclic amines) is 1. The van der Waals surface area contributed by atoms with E-state index in [9.17, 15) is 13.2 Å². The van der Waals surface area contributed by atoms with Crippen molar-refractivity contribution in [3.63, 3.8) is 0 Å². The quantitative estimate of drug-likeness (QED) is 0.760. The van der Waals surface area contributed by atoms with Crippen molar-refractivity contribution < 1.29 is 13.2 Å². The Kier molecular flexibility index (Phi) is 3.69. The lowest BCUT2D eigenvalue weighted by atomic mass is 9.77. The van der Waals surface area contributed by atoms with Crippen LogP contribution in [0.1, 0.15) is 33.1 Å². The molecule has 0 aromatic rings. The van der Waals surface area contributed by atoms with Crippen molar-refractivity contribution in [2.75, 3.05) is 31.9 Å². The van der Waals surface area contributed by atoms with Crippen LogP contribution in [-0.4, -0.2) is 55.5 Å². The van der Waals surface area contributed by atoms with Gasteiger partial charge in [-0.05, 0) is 33.1 Å². The van der Waals surface area contributed by atoms with Crippen LogP contribution in [0.25, 0.3) is 0 Å². The number of nitrogens with zero attached hydrogens (tertiary/aromatic N) is 2. The maximum Gasteiger partial charge on any atom is 0.228 e. The van der Waals surface area contributed by atoms with E-state index in [1.165, 1.54) is 0 Å².